The minimum atomic E-state index is -0.938. The van der Waals surface area contributed by atoms with Crippen LogP contribution in [-0.2, 0) is 16.1 Å². The van der Waals surface area contributed by atoms with E-state index in [0.29, 0.717) is 24.2 Å². The van der Waals surface area contributed by atoms with Crippen molar-refractivity contribution in [1.82, 2.24) is 15.1 Å². The molecule has 3 heterocycles. The molecule has 1 aromatic rings. The van der Waals surface area contributed by atoms with Gasteiger partial charge in [0.15, 0.2) is 0 Å². The quantitative estimate of drug-likeness (QED) is 0.714. The summed E-state index contributed by atoms with van der Waals surface area (Å²) in [5.74, 6) is -1.90. The lowest BCUT2D eigenvalue weighted by Gasteiger charge is -2.47. The van der Waals surface area contributed by atoms with E-state index in [2.05, 4.69) is 17.1 Å². The third kappa shape index (κ3) is 2.85. The minimum Gasteiger partial charge on any atom is -0.330 e. The van der Waals surface area contributed by atoms with E-state index >= 15 is 0 Å². The number of nitrogens with zero attached hydrogens (tertiary/aromatic N) is 2. The maximum absolute atomic E-state index is 13.0. The Morgan fingerprint density at radius 1 is 1.19 bits per heavy atom. The van der Waals surface area contributed by atoms with Gasteiger partial charge in [-0.05, 0) is 18.1 Å². The molecule has 0 aliphatic carbocycles. The lowest BCUT2D eigenvalue weighted by Crippen LogP contribution is -2.57. The van der Waals surface area contributed by atoms with Crippen LogP contribution in [0.5, 0.6) is 0 Å². The van der Waals surface area contributed by atoms with Gasteiger partial charge in [-0.25, -0.2) is 0 Å². The third-order valence-electron chi connectivity index (χ3n) is 5.65. The summed E-state index contributed by atoms with van der Waals surface area (Å²) in [7, 11) is 0. The van der Waals surface area contributed by atoms with Gasteiger partial charge in [-0.3, -0.25) is 34.3 Å². The maximum atomic E-state index is 13.0. The van der Waals surface area contributed by atoms with Gasteiger partial charge in [0, 0.05) is 38.0 Å². The van der Waals surface area contributed by atoms with Crippen LogP contribution in [0.2, 0.25) is 0 Å². The third-order valence-corrected chi connectivity index (χ3v) is 5.65. The van der Waals surface area contributed by atoms with Crippen LogP contribution in [0.1, 0.15) is 46.0 Å². The van der Waals surface area contributed by atoms with Crippen LogP contribution in [0.4, 0.5) is 0 Å². The molecule has 1 atom stereocenters. The van der Waals surface area contributed by atoms with Gasteiger partial charge in [-0.1, -0.05) is 19.1 Å². The fraction of sp³-hybridized carbons (Fsp3) is 0.474. The molecule has 142 valence electrons. The molecule has 0 bridgehead atoms. The number of carbonyl (C=O) groups is 4. The smallest absolute Gasteiger partial charge is 0.262 e. The first-order chi connectivity index (χ1) is 12.8. The summed E-state index contributed by atoms with van der Waals surface area (Å²) in [5.41, 5.74) is 7.35. The van der Waals surface area contributed by atoms with Gasteiger partial charge in [0.1, 0.15) is 6.04 Å². The van der Waals surface area contributed by atoms with Crippen molar-refractivity contribution in [1.29, 1.82) is 0 Å². The maximum Gasteiger partial charge on any atom is 0.262 e. The Morgan fingerprint density at radius 3 is 2.59 bits per heavy atom. The summed E-state index contributed by atoms with van der Waals surface area (Å²) in [6, 6.07) is 4.28. The van der Waals surface area contributed by atoms with Crippen LogP contribution in [0.3, 0.4) is 0 Å². The number of nitrogens with one attached hydrogen (secondary N) is 1. The molecule has 1 unspecified atom stereocenters. The van der Waals surface area contributed by atoms with E-state index in [0.717, 1.165) is 23.6 Å². The molecule has 8 heteroatoms. The number of imide groups is 2. The fourth-order valence-electron chi connectivity index (χ4n) is 4.23. The Labute approximate surface area is 156 Å². The van der Waals surface area contributed by atoms with Crippen molar-refractivity contribution in [2.75, 3.05) is 19.6 Å². The van der Waals surface area contributed by atoms with Crippen molar-refractivity contribution in [3.63, 3.8) is 0 Å². The van der Waals surface area contributed by atoms with Gasteiger partial charge in [0.25, 0.3) is 11.8 Å². The summed E-state index contributed by atoms with van der Waals surface area (Å²) in [6.45, 7) is 4.97. The monoisotopic (exact) mass is 370 g/mol. The number of hydrogen-bond donors (Lipinski definition) is 2. The van der Waals surface area contributed by atoms with Gasteiger partial charge >= 0.3 is 0 Å². The summed E-state index contributed by atoms with van der Waals surface area (Å²) in [4.78, 5) is 52.6. The van der Waals surface area contributed by atoms with Crippen LogP contribution in [0, 0.1) is 5.41 Å². The first kappa shape index (κ1) is 17.8. The number of piperidine rings is 1. The Bertz CT molecular complexity index is 859. The van der Waals surface area contributed by atoms with Gasteiger partial charge in [-0.2, -0.15) is 0 Å². The Hall–Kier alpha value is -2.58. The zero-order valence-electron chi connectivity index (χ0n) is 15.2. The van der Waals surface area contributed by atoms with Crippen molar-refractivity contribution in [2.45, 2.75) is 32.4 Å². The van der Waals surface area contributed by atoms with E-state index in [4.69, 9.17) is 5.73 Å². The molecular formula is C19H22N4O4. The van der Waals surface area contributed by atoms with Crippen molar-refractivity contribution < 1.29 is 19.2 Å². The van der Waals surface area contributed by atoms with E-state index in [-0.39, 0.29) is 24.2 Å². The number of carbonyl (C=O) groups excluding carboxylic acids is 4. The summed E-state index contributed by atoms with van der Waals surface area (Å²) >= 11 is 0. The Balaban J connectivity index is 1.58. The van der Waals surface area contributed by atoms with Crippen LogP contribution >= 0.6 is 0 Å². The molecule has 0 spiro atoms. The molecule has 0 aromatic heterocycles. The largest absolute Gasteiger partial charge is 0.330 e. The van der Waals surface area contributed by atoms with Crippen molar-refractivity contribution >= 4 is 23.6 Å². The van der Waals surface area contributed by atoms with E-state index in [1.54, 1.807) is 12.1 Å². The topological polar surface area (TPSA) is 113 Å². The molecule has 2 fully saturated rings. The van der Waals surface area contributed by atoms with Gasteiger partial charge in [-0.15, -0.1) is 0 Å². The first-order valence-corrected chi connectivity index (χ1v) is 9.09. The number of benzene rings is 1. The molecule has 2 saturated heterocycles. The second kappa shape index (κ2) is 6.24. The van der Waals surface area contributed by atoms with Gasteiger partial charge in [0.2, 0.25) is 11.8 Å². The Morgan fingerprint density at radius 2 is 1.93 bits per heavy atom. The van der Waals surface area contributed by atoms with Crippen molar-refractivity contribution in [2.24, 2.45) is 11.1 Å². The number of fused-ring (bicyclic) bond motifs is 1. The zero-order valence-corrected chi connectivity index (χ0v) is 15.2. The first-order valence-electron chi connectivity index (χ1n) is 9.09. The van der Waals surface area contributed by atoms with E-state index < -0.39 is 23.8 Å². The highest BCUT2D eigenvalue weighted by atomic mass is 16.2. The number of hydrogen-bond acceptors (Lipinski definition) is 6. The number of amides is 4. The molecule has 1 aromatic carbocycles. The van der Waals surface area contributed by atoms with Crippen molar-refractivity contribution in [3.05, 3.63) is 34.9 Å². The predicted octanol–water partition coefficient (Wildman–Crippen LogP) is -0.132. The van der Waals surface area contributed by atoms with E-state index in [9.17, 15) is 19.2 Å². The minimum absolute atomic E-state index is 0.0938. The Kier molecular flexibility index (Phi) is 4.12. The summed E-state index contributed by atoms with van der Waals surface area (Å²) in [5, 5.41) is 2.21. The molecule has 4 rings (SSSR count). The number of nitrogens with two attached hydrogens (primary N) is 1. The standard InChI is InChI=1S/C19H22N4O4/c1-19(8-20)9-22(10-19)7-11-3-2-4-12-15(11)18(27)23(17(12)26)13-5-6-14(24)21-16(13)25/h2-4,13H,5-10,20H2,1H3,(H,21,24,25). The molecular weight excluding hydrogens is 348 g/mol. The van der Waals surface area contributed by atoms with E-state index in [1.165, 1.54) is 0 Å². The number of rotatable bonds is 4. The fourth-order valence-corrected chi connectivity index (χ4v) is 4.23. The average Bonchev–Trinajstić information content (AvgIpc) is 2.86. The molecule has 3 aliphatic heterocycles. The highest BCUT2D eigenvalue weighted by molar-refractivity contribution is 6.24. The number of likely N-dealkylation sites (tertiary alicyclic amines) is 1. The van der Waals surface area contributed by atoms with Crippen LogP contribution < -0.4 is 11.1 Å². The van der Waals surface area contributed by atoms with Gasteiger partial charge < -0.3 is 5.73 Å². The second-order valence-electron chi connectivity index (χ2n) is 7.95. The molecule has 0 saturated carbocycles. The van der Waals surface area contributed by atoms with Crippen LogP contribution in [-0.4, -0.2) is 59.1 Å². The lowest BCUT2D eigenvalue weighted by atomic mass is 9.81. The molecule has 0 radical (unpaired) electrons. The lowest BCUT2D eigenvalue weighted by molar-refractivity contribution is -0.136. The zero-order chi connectivity index (χ0) is 19.3. The normalized spacial score (nSPS) is 24.7. The molecule has 4 amide bonds. The highest BCUT2D eigenvalue weighted by Gasteiger charge is 2.46. The average molecular weight is 370 g/mol. The molecule has 3 N–H and O–H groups in total. The molecule has 8 nitrogen and oxygen atoms in total. The summed E-state index contributed by atoms with van der Waals surface area (Å²) < 4.78 is 0. The van der Waals surface area contributed by atoms with Crippen LogP contribution in [0.15, 0.2) is 18.2 Å². The van der Waals surface area contributed by atoms with E-state index in [1.807, 2.05) is 6.07 Å². The molecule has 3 aliphatic rings. The van der Waals surface area contributed by atoms with Gasteiger partial charge in [0.05, 0.1) is 11.1 Å². The summed E-state index contributed by atoms with van der Waals surface area (Å²) in [6.07, 6.45) is 0.272. The molecule has 27 heavy (non-hydrogen) atoms. The van der Waals surface area contributed by atoms with Crippen LogP contribution in [0.25, 0.3) is 0 Å². The second-order valence-corrected chi connectivity index (χ2v) is 7.95. The van der Waals surface area contributed by atoms with Crippen molar-refractivity contribution in [3.8, 4) is 0 Å². The predicted molar refractivity (Wildman–Crippen MR) is 95.6 cm³/mol. The highest BCUT2D eigenvalue weighted by Crippen LogP contribution is 2.34. The SMILES string of the molecule is CC1(CN)CN(Cc2cccc3c2C(=O)N(C2CCC(=O)NC2=O)C3=O)C1.